The van der Waals surface area contributed by atoms with Crippen LogP contribution in [0, 0.1) is 5.92 Å². The summed E-state index contributed by atoms with van der Waals surface area (Å²) in [4.78, 5) is 0. The van der Waals surface area contributed by atoms with Crippen LogP contribution in [0.1, 0.15) is 34.2 Å². The van der Waals surface area contributed by atoms with Crippen molar-refractivity contribution >= 4 is 0 Å². The monoisotopic (exact) mass is 804 g/mol. The Morgan fingerprint density at radius 2 is 0.864 bits per heavy atom. The molecule has 0 spiro atoms. The van der Waals surface area contributed by atoms with E-state index in [-0.39, 0.29) is 46.1 Å². The van der Waals surface area contributed by atoms with Crippen LogP contribution in [0.25, 0.3) is 0 Å². The summed E-state index contributed by atoms with van der Waals surface area (Å²) in [5.41, 5.74) is 4.92. The maximum absolute atomic E-state index is 12.4. The van der Waals surface area contributed by atoms with Crippen molar-refractivity contribution in [2.75, 3.05) is 20.3 Å². The van der Waals surface area contributed by atoms with Crippen molar-refractivity contribution in [3.8, 4) is 0 Å². The molecule has 5 aromatic rings. The SMILES string of the molecule is CO[C@H]1O[C@H](CO)C(CC2O[C@H](COCc3ccccc3)[C@H](OCc3ccccc3)[C@H](OCc3ccccc3)[C@H]2O)[C@H](OCc2ccccc2)[C@H]1OCc1ccccc1. The van der Waals surface area contributed by atoms with Crippen LogP contribution in [0.2, 0.25) is 0 Å². The number of aliphatic hydroxyl groups excluding tert-OH is 2. The molecule has 2 heterocycles. The highest BCUT2D eigenvalue weighted by molar-refractivity contribution is 5.17. The van der Waals surface area contributed by atoms with E-state index >= 15 is 0 Å². The third-order valence-electron chi connectivity index (χ3n) is 11.0. The van der Waals surface area contributed by atoms with Gasteiger partial charge < -0.3 is 48.1 Å². The van der Waals surface area contributed by atoms with Gasteiger partial charge >= 0.3 is 0 Å². The van der Waals surface area contributed by atoms with Crippen LogP contribution in [0.5, 0.6) is 0 Å². The molecule has 0 aromatic heterocycles. The first-order chi connectivity index (χ1) is 29.1. The minimum atomic E-state index is -1.14. The van der Waals surface area contributed by atoms with Gasteiger partial charge in [-0.1, -0.05) is 152 Å². The number of ether oxygens (including phenoxy) is 8. The van der Waals surface area contributed by atoms with Crippen molar-refractivity contribution in [3.63, 3.8) is 0 Å². The normalized spacial score (nSPS) is 27.0. The molecule has 0 saturated carbocycles. The van der Waals surface area contributed by atoms with Crippen LogP contribution in [0.15, 0.2) is 152 Å². The van der Waals surface area contributed by atoms with E-state index in [0.29, 0.717) is 6.61 Å². The summed E-state index contributed by atoms with van der Waals surface area (Å²) in [5, 5.41) is 23.3. The molecule has 312 valence electrons. The Balaban J connectivity index is 1.19. The largest absolute Gasteiger partial charge is 0.394 e. The van der Waals surface area contributed by atoms with Crippen LogP contribution in [0.4, 0.5) is 0 Å². The number of rotatable bonds is 20. The van der Waals surface area contributed by atoms with Gasteiger partial charge in [-0.3, -0.25) is 0 Å². The summed E-state index contributed by atoms with van der Waals surface area (Å²) >= 11 is 0. The highest BCUT2D eigenvalue weighted by Crippen LogP contribution is 2.39. The van der Waals surface area contributed by atoms with Gasteiger partial charge in [-0.05, 0) is 34.2 Å². The van der Waals surface area contributed by atoms with Gasteiger partial charge in [0.2, 0.25) is 0 Å². The molecular weight excluding hydrogens is 749 g/mol. The fourth-order valence-electron chi connectivity index (χ4n) is 7.93. The Morgan fingerprint density at radius 3 is 1.31 bits per heavy atom. The molecular formula is C49H56O10. The maximum atomic E-state index is 12.4. The second kappa shape index (κ2) is 22.3. The molecule has 0 radical (unpaired) electrons. The van der Waals surface area contributed by atoms with E-state index in [1.165, 1.54) is 0 Å². The predicted molar refractivity (Wildman–Crippen MR) is 222 cm³/mol. The van der Waals surface area contributed by atoms with E-state index in [1.807, 2.05) is 152 Å². The Morgan fingerprint density at radius 1 is 0.458 bits per heavy atom. The fourth-order valence-corrected chi connectivity index (χ4v) is 7.93. The van der Waals surface area contributed by atoms with Crippen molar-refractivity contribution < 1.29 is 48.1 Å². The lowest BCUT2D eigenvalue weighted by molar-refractivity contribution is -0.313. The zero-order chi connectivity index (χ0) is 40.7. The van der Waals surface area contributed by atoms with E-state index in [4.69, 9.17) is 37.9 Å². The highest BCUT2D eigenvalue weighted by Gasteiger charge is 2.52. The Labute approximate surface area is 347 Å². The van der Waals surface area contributed by atoms with Gasteiger partial charge in [0.25, 0.3) is 0 Å². The molecule has 0 aliphatic carbocycles. The quantitative estimate of drug-likeness (QED) is 0.0850. The third-order valence-corrected chi connectivity index (χ3v) is 11.0. The second-order valence-corrected chi connectivity index (χ2v) is 15.1. The van der Waals surface area contributed by atoms with E-state index in [2.05, 4.69) is 0 Å². The molecule has 7 rings (SSSR count). The summed E-state index contributed by atoms with van der Waals surface area (Å²) in [5.74, 6) is -0.502. The lowest BCUT2D eigenvalue weighted by Gasteiger charge is -2.49. The number of aliphatic hydroxyl groups is 2. The van der Waals surface area contributed by atoms with Crippen molar-refractivity contribution in [2.45, 2.75) is 94.6 Å². The topological polar surface area (TPSA) is 114 Å². The first-order valence-corrected chi connectivity index (χ1v) is 20.5. The lowest BCUT2D eigenvalue weighted by Crippen LogP contribution is -2.63. The molecule has 2 fully saturated rings. The minimum Gasteiger partial charge on any atom is -0.394 e. The average Bonchev–Trinajstić information content (AvgIpc) is 3.29. The van der Waals surface area contributed by atoms with Gasteiger partial charge in [0, 0.05) is 13.0 Å². The number of hydrogen-bond acceptors (Lipinski definition) is 10. The summed E-state index contributed by atoms with van der Waals surface area (Å²) in [6, 6.07) is 49.5. The molecule has 10 heteroatoms. The van der Waals surface area contributed by atoms with Gasteiger partial charge in [0.1, 0.15) is 30.5 Å². The van der Waals surface area contributed by atoms with Gasteiger partial charge in [-0.25, -0.2) is 0 Å². The molecule has 2 N–H and O–H groups in total. The van der Waals surface area contributed by atoms with Gasteiger partial charge in [-0.2, -0.15) is 0 Å². The molecule has 59 heavy (non-hydrogen) atoms. The molecule has 5 aromatic carbocycles. The van der Waals surface area contributed by atoms with E-state index in [0.717, 1.165) is 27.8 Å². The summed E-state index contributed by atoms with van der Waals surface area (Å²) in [6.07, 6.45) is -6.70. The molecule has 2 aliphatic rings. The first kappa shape index (κ1) is 42.8. The summed E-state index contributed by atoms with van der Waals surface area (Å²) in [6.45, 7) is 1.33. The van der Waals surface area contributed by atoms with Crippen molar-refractivity contribution in [2.24, 2.45) is 5.92 Å². The van der Waals surface area contributed by atoms with Crippen molar-refractivity contribution in [3.05, 3.63) is 179 Å². The number of benzene rings is 5. The predicted octanol–water partition coefficient (Wildman–Crippen LogP) is 7.04. The highest BCUT2D eigenvalue weighted by atomic mass is 16.7. The van der Waals surface area contributed by atoms with Crippen LogP contribution < -0.4 is 0 Å². The third kappa shape index (κ3) is 11.9. The maximum Gasteiger partial charge on any atom is 0.186 e. The molecule has 10 atom stereocenters. The summed E-state index contributed by atoms with van der Waals surface area (Å²) in [7, 11) is 1.56. The van der Waals surface area contributed by atoms with E-state index < -0.39 is 61.0 Å². The van der Waals surface area contributed by atoms with E-state index in [1.54, 1.807) is 7.11 Å². The van der Waals surface area contributed by atoms with Crippen LogP contribution in [-0.2, 0) is 70.9 Å². The van der Waals surface area contributed by atoms with Crippen LogP contribution >= 0.6 is 0 Å². The van der Waals surface area contributed by atoms with Crippen molar-refractivity contribution in [1.82, 2.24) is 0 Å². The fraction of sp³-hybridized carbons (Fsp3) is 0.388. The van der Waals surface area contributed by atoms with Crippen LogP contribution in [0.3, 0.4) is 0 Å². The Kier molecular flexibility index (Phi) is 16.2. The molecule has 0 bridgehead atoms. The zero-order valence-corrected chi connectivity index (χ0v) is 33.5. The standard InChI is InChI=1S/C49H56O10/c1-52-49-48(57-33-39-25-15-6-16-26-39)45(54-30-36-19-9-3-10-20-36)40(42(28-50)59-49)27-41-44(51)47(56-32-38-23-13-5-14-24-38)46(55-31-37-21-11-4-12-22-37)43(58-41)34-53-29-35-17-7-2-8-18-35/h2-26,40-51H,27-34H2,1H3/t40?,41?,42-,43-,44+,45+,46+,47-,48-,49+/m1/s1. The minimum absolute atomic E-state index is 0.176. The van der Waals surface area contributed by atoms with Gasteiger partial charge in [0.15, 0.2) is 6.29 Å². The zero-order valence-electron chi connectivity index (χ0n) is 33.5. The molecule has 0 amide bonds. The molecule has 2 aliphatic heterocycles. The summed E-state index contributed by atoms with van der Waals surface area (Å²) < 4.78 is 52.2. The Bertz CT molecular complexity index is 1890. The molecule has 2 saturated heterocycles. The number of methoxy groups -OCH3 is 1. The second-order valence-electron chi connectivity index (χ2n) is 15.1. The Hall–Kier alpha value is -4.30. The lowest BCUT2D eigenvalue weighted by atomic mass is 9.81. The van der Waals surface area contributed by atoms with Gasteiger partial charge in [-0.15, -0.1) is 0 Å². The number of hydrogen-bond donors (Lipinski definition) is 2. The molecule has 2 unspecified atom stereocenters. The average molecular weight is 805 g/mol. The van der Waals surface area contributed by atoms with E-state index in [9.17, 15) is 10.2 Å². The van der Waals surface area contributed by atoms with Crippen molar-refractivity contribution in [1.29, 1.82) is 0 Å². The first-order valence-electron chi connectivity index (χ1n) is 20.5. The smallest absolute Gasteiger partial charge is 0.186 e. The van der Waals surface area contributed by atoms with Crippen LogP contribution in [-0.4, -0.2) is 85.7 Å². The van der Waals surface area contributed by atoms with Gasteiger partial charge in [0.05, 0.1) is 64.6 Å². The molecule has 10 nitrogen and oxygen atoms in total.